The van der Waals surface area contributed by atoms with Crippen molar-refractivity contribution in [2.75, 3.05) is 4.90 Å². The fraction of sp³-hybridized carbons (Fsp3) is 0.172. The van der Waals surface area contributed by atoms with Gasteiger partial charge in [0.25, 0.3) is 0 Å². The number of nitrogens with zero attached hydrogens (tertiary/aromatic N) is 1. The standard InChI is InChI=1S/C58H49N/c1-56(2,3)46-32-34-51(42-22-13-12-21-41(42)46)59(38-29-31-48-45(35-38)53-39-19-10-8-17-36(39)27-30-50(53)58(48,6)7)52-33-28-37-18-9-11-20-40(37)55(52)44-24-16-26-49-54(44)43-23-14-15-25-47(43)57(49,4)5/h8-35H,1-7H3. The van der Waals surface area contributed by atoms with Crippen LogP contribution in [0.25, 0.3) is 65.7 Å². The Hall–Kier alpha value is -6.44. The van der Waals surface area contributed by atoms with E-state index in [1.807, 2.05) is 0 Å². The molecule has 59 heavy (non-hydrogen) atoms. The summed E-state index contributed by atoms with van der Waals surface area (Å²) in [5.74, 6) is 0. The van der Waals surface area contributed by atoms with Gasteiger partial charge in [0, 0.05) is 27.5 Å². The van der Waals surface area contributed by atoms with Crippen LogP contribution in [-0.2, 0) is 16.2 Å². The van der Waals surface area contributed by atoms with E-state index in [-0.39, 0.29) is 16.2 Å². The lowest BCUT2D eigenvalue weighted by atomic mass is 9.81. The lowest BCUT2D eigenvalue weighted by molar-refractivity contribution is 0.596. The lowest BCUT2D eigenvalue weighted by Gasteiger charge is -2.32. The molecule has 0 heterocycles. The van der Waals surface area contributed by atoms with Crippen molar-refractivity contribution in [3.63, 3.8) is 0 Å². The minimum atomic E-state index is -0.127. The molecule has 0 saturated carbocycles. The SMILES string of the molecule is CC(C)(C)c1ccc(N(c2ccc3c(c2)-c2c(ccc4ccccc24)C3(C)C)c2ccc3ccccc3c2-c2cccc3c2-c2ccccc2C3(C)C)c2ccccc12. The molecule has 9 aromatic carbocycles. The maximum atomic E-state index is 2.58. The number of benzene rings is 9. The zero-order valence-corrected chi connectivity index (χ0v) is 35.1. The molecular formula is C58H49N. The summed E-state index contributed by atoms with van der Waals surface area (Å²) in [7, 11) is 0. The average molecular weight is 760 g/mol. The monoisotopic (exact) mass is 759 g/mol. The molecule has 0 saturated heterocycles. The van der Waals surface area contributed by atoms with Crippen LogP contribution in [0.3, 0.4) is 0 Å². The minimum absolute atomic E-state index is 0.0220. The van der Waals surface area contributed by atoms with Crippen LogP contribution in [0.4, 0.5) is 17.1 Å². The highest BCUT2D eigenvalue weighted by molar-refractivity contribution is 6.12. The fourth-order valence-corrected chi connectivity index (χ4v) is 10.9. The molecule has 1 heteroatoms. The van der Waals surface area contributed by atoms with Crippen molar-refractivity contribution in [1.29, 1.82) is 0 Å². The third-order valence-corrected chi connectivity index (χ3v) is 13.8. The van der Waals surface area contributed by atoms with Crippen molar-refractivity contribution in [2.45, 2.75) is 64.7 Å². The third kappa shape index (κ3) is 5.10. The Morgan fingerprint density at radius 3 is 1.63 bits per heavy atom. The molecule has 11 rings (SSSR count). The molecule has 0 fully saturated rings. The van der Waals surface area contributed by atoms with Crippen molar-refractivity contribution in [3.05, 3.63) is 198 Å². The number of anilines is 3. The van der Waals surface area contributed by atoms with E-state index in [1.54, 1.807) is 0 Å². The van der Waals surface area contributed by atoms with Gasteiger partial charge in [0.05, 0.1) is 11.4 Å². The summed E-state index contributed by atoms with van der Waals surface area (Å²) < 4.78 is 0. The van der Waals surface area contributed by atoms with Gasteiger partial charge in [0.2, 0.25) is 0 Å². The summed E-state index contributed by atoms with van der Waals surface area (Å²) in [5.41, 5.74) is 18.0. The van der Waals surface area contributed by atoms with E-state index in [4.69, 9.17) is 0 Å². The van der Waals surface area contributed by atoms with Crippen molar-refractivity contribution in [3.8, 4) is 33.4 Å². The molecule has 0 N–H and O–H groups in total. The highest BCUT2D eigenvalue weighted by Crippen LogP contribution is 2.57. The Morgan fingerprint density at radius 1 is 0.373 bits per heavy atom. The van der Waals surface area contributed by atoms with Crippen LogP contribution in [0, 0.1) is 0 Å². The summed E-state index contributed by atoms with van der Waals surface area (Å²) in [4.78, 5) is 2.58. The summed E-state index contributed by atoms with van der Waals surface area (Å²) in [6.45, 7) is 16.5. The van der Waals surface area contributed by atoms with Gasteiger partial charge in [-0.2, -0.15) is 0 Å². The normalized spacial score (nSPS) is 14.6. The van der Waals surface area contributed by atoms with Crippen LogP contribution in [0.5, 0.6) is 0 Å². The van der Waals surface area contributed by atoms with Gasteiger partial charge in [-0.15, -0.1) is 0 Å². The zero-order valence-electron chi connectivity index (χ0n) is 35.1. The Kier molecular flexibility index (Phi) is 7.58. The van der Waals surface area contributed by atoms with Crippen LogP contribution in [0.2, 0.25) is 0 Å². The van der Waals surface area contributed by atoms with Crippen LogP contribution in [-0.4, -0.2) is 0 Å². The second-order valence-electron chi connectivity index (χ2n) is 18.9. The number of fused-ring (bicyclic) bond motifs is 10. The molecule has 286 valence electrons. The van der Waals surface area contributed by atoms with Gasteiger partial charge in [-0.1, -0.05) is 194 Å². The second kappa shape index (κ2) is 12.5. The van der Waals surface area contributed by atoms with E-state index in [0.29, 0.717) is 0 Å². The number of rotatable bonds is 4. The molecule has 0 aromatic heterocycles. The summed E-state index contributed by atoms with van der Waals surface area (Å²) in [6.07, 6.45) is 0. The average Bonchev–Trinajstić information content (AvgIpc) is 3.62. The molecule has 0 radical (unpaired) electrons. The van der Waals surface area contributed by atoms with Gasteiger partial charge in [-0.3, -0.25) is 0 Å². The molecule has 1 nitrogen and oxygen atoms in total. The molecule has 0 spiro atoms. The topological polar surface area (TPSA) is 3.24 Å². The third-order valence-electron chi connectivity index (χ3n) is 13.8. The summed E-state index contributed by atoms with van der Waals surface area (Å²) in [6, 6.07) is 64.4. The van der Waals surface area contributed by atoms with E-state index in [1.165, 1.54) is 105 Å². The minimum Gasteiger partial charge on any atom is -0.309 e. The molecular weight excluding hydrogens is 711 g/mol. The molecule has 9 aromatic rings. The van der Waals surface area contributed by atoms with Crippen molar-refractivity contribution >= 4 is 49.4 Å². The Balaban J connectivity index is 1.27. The Bertz CT molecular complexity index is 3210. The quantitative estimate of drug-likeness (QED) is 0.173. The molecule has 2 aliphatic rings. The molecule has 0 unspecified atom stereocenters. The molecule has 0 atom stereocenters. The molecule has 0 bridgehead atoms. The maximum absolute atomic E-state index is 2.58. The first kappa shape index (κ1) is 35.7. The van der Waals surface area contributed by atoms with E-state index >= 15 is 0 Å². The van der Waals surface area contributed by atoms with Gasteiger partial charge >= 0.3 is 0 Å². The van der Waals surface area contributed by atoms with Gasteiger partial charge in [0.1, 0.15) is 0 Å². The Labute approximate surface area is 348 Å². The number of hydrogen-bond acceptors (Lipinski definition) is 1. The first-order valence-corrected chi connectivity index (χ1v) is 21.2. The van der Waals surface area contributed by atoms with Crippen LogP contribution in [0.15, 0.2) is 170 Å². The zero-order chi connectivity index (χ0) is 40.4. The lowest BCUT2D eigenvalue weighted by Crippen LogP contribution is -2.17. The molecule has 2 aliphatic carbocycles. The summed E-state index contributed by atoms with van der Waals surface area (Å²) in [5, 5.41) is 7.61. The van der Waals surface area contributed by atoms with Gasteiger partial charge < -0.3 is 4.90 Å². The maximum Gasteiger partial charge on any atom is 0.0546 e. The van der Waals surface area contributed by atoms with Crippen LogP contribution < -0.4 is 4.90 Å². The van der Waals surface area contributed by atoms with E-state index in [2.05, 4.69) is 223 Å². The van der Waals surface area contributed by atoms with E-state index in [9.17, 15) is 0 Å². The smallest absolute Gasteiger partial charge is 0.0546 e. The van der Waals surface area contributed by atoms with Crippen molar-refractivity contribution < 1.29 is 0 Å². The van der Waals surface area contributed by atoms with E-state index in [0.717, 1.165) is 5.69 Å². The highest BCUT2D eigenvalue weighted by atomic mass is 15.1. The molecule has 0 amide bonds. The van der Waals surface area contributed by atoms with Gasteiger partial charge in [-0.25, -0.2) is 0 Å². The molecule has 0 aliphatic heterocycles. The van der Waals surface area contributed by atoms with Crippen LogP contribution in [0.1, 0.15) is 76.3 Å². The summed E-state index contributed by atoms with van der Waals surface area (Å²) >= 11 is 0. The first-order valence-electron chi connectivity index (χ1n) is 21.2. The largest absolute Gasteiger partial charge is 0.309 e. The predicted molar refractivity (Wildman–Crippen MR) is 253 cm³/mol. The second-order valence-corrected chi connectivity index (χ2v) is 18.9. The predicted octanol–water partition coefficient (Wildman–Crippen LogP) is 16.2. The first-order chi connectivity index (χ1) is 28.4. The van der Waals surface area contributed by atoms with Crippen molar-refractivity contribution in [2.24, 2.45) is 0 Å². The van der Waals surface area contributed by atoms with Crippen LogP contribution >= 0.6 is 0 Å². The Morgan fingerprint density at radius 2 is 0.898 bits per heavy atom. The van der Waals surface area contributed by atoms with Gasteiger partial charge in [-0.05, 0) is 112 Å². The number of hydrogen-bond donors (Lipinski definition) is 0. The fourth-order valence-electron chi connectivity index (χ4n) is 10.9. The van der Waals surface area contributed by atoms with Gasteiger partial charge in [0.15, 0.2) is 0 Å². The van der Waals surface area contributed by atoms with E-state index < -0.39 is 0 Å². The van der Waals surface area contributed by atoms with Crippen molar-refractivity contribution in [1.82, 2.24) is 0 Å². The highest BCUT2D eigenvalue weighted by Gasteiger charge is 2.39.